The number of likely N-dealkylation sites (tertiary alicyclic amines) is 2. The minimum Gasteiger partial charge on any atom is -0.796 e. The van der Waals surface area contributed by atoms with E-state index in [4.69, 9.17) is 27.7 Å². The first-order valence-electron chi connectivity index (χ1n) is 20.9. The fraction of sp³-hybridized carbons (Fsp3) is 0.333. The maximum absolute atomic E-state index is 13.5. The average molecular weight is 963 g/mol. The molecule has 16 nitrogen and oxygen atoms in total. The van der Waals surface area contributed by atoms with Crippen LogP contribution in [-0.2, 0) is 12.6 Å². The number of amides is 2. The van der Waals surface area contributed by atoms with Crippen molar-refractivity contribution < 1.29 is 54.4 Å². The van der Waals surface area contributed by atoms with Crippen molar-refractivity contribution in [3.8, 4) is 35.3 Å². The molecule has 6 heterocycles. The number of aromatic nitrogens is 8. The summed E-state index contributed by atoms with van der Waals surface area (Å²) in [7, 11) is -1.00. The number of carbonyl (C=O) groups is 2. The van der Waals surface area contributed by atoms with Gasteiger partial charge in [0.25, 0.3) is 11.8 Å². The Bertz CT molecular complexity index is 2610. The van der Waals surface area contributed by atoms with Crippen molar-refractivity contribution in [2.45, 2.75) is 68.7 Å². The molecule has 2 aromatic carbocycles. The normalized spacial score (nSPS) is 17.5. The minimum atomic E-state index is -1.00. The third-order valence-electron chi connectivity index (χ3n) is 10.5. The number of thioether (sulfide) groups is 1. The van der Waals surface area contributed by atoms with Crippen molar-refractivity contribution in [3.63, 3.8) is 0 Å². The van der Waals surface area contributed by atoms with Crippen LogP contribution in [-0.4, -0.2) is 119 Å². The number of benzene rings is 2. The van der Waals surface area contributed by atoms with Gasteiger partial charge in [-0.15, -0.1) is 11.8 Å². The third-order valence-corrected chi connectivity index (χ3v) is 11.6. The Kier molecular flexibility index (Phi) is 20.7. The van der Waals surface area contributed by atoms with E-state index in [2.05, 4.69) is 49.1 Å². The molecule has 0 unspecified atom stereocenters. The van der Waals surface area contributed by atoms with Gasteiger partial charge in [-0.1, -0.05) is 35.9 Å². The van der Waals surface area contributed by atoms with Crippen molar-refractivity contribution >= 4 is 47.8 Å². The second kappa shape index (κ2) is 26.6. The van der Waals surface area contributed by atoms with Crippen LogP contribution in [0.1, 0.15) is 72.7 Å². The predicted octanol–water partition coefficient (Wildman–Crippen LogP) is 4.34. The number of pyridine rings is 2. The second-order valence-corrected chi connectivity index (χ2v) is 15.5. The van der Waals surface area contributed by atoms with Crippen molar-refractivity contribution in [3.05, 3.63) is 125 Å². The fourth-order valence-electron chi connectivity index (χ4n) is 7.26. The van der Waals surface area contributed by atoms with Crippen molar-refractivity contribution in [2.75, 3.05) is 32.8 Å². The van der Waals surface area contributed by atoms with Gasteiger partial charge in [0.1, 0.15) is 29.4 Å². The van der Waals surface area contributed by atoms with Crippen LogP contribution in [0, 0.1) is 22.7 Å². The third kappa shape index (κ3) is 12.9. The van der Waals surface area contributed by atoms with E-state index in [9.17, 15) is 19.2 Å². The summed E-state index contributed by atoms with van der Waals surface area (Å²) in [4.78, 5) is 42.6. The van der Waals surface area contributed by atoms with Gasteiger partial charge in [0.15, 0.2) is 0 Å². The average Bonchev–Trinajstić information content (AvgIpc) is 4.11. The van der Waals surface area contributed by atoms with Crippen LogP contribution in [0.2, 0.25) is 5.02 Å². The summed E-state index contributed by atoms with van der Waals surface area (Å²) in [5.74, 6) is 0.453. The molecule has 4 aromatic heterocycles. The fourth-order valence-corrected chi connectivity index (χ4v) is 8.07. The first-order chi connectivity index (χ1) is 32.1. The summed E-state index contributed by atoms with van der Waals surface area (Å²) < 4.78 is 27.7. The molecular formula is C45H47ClFN12NaO4S2. The maximum Gasteiger partial charge on any atom is 1.00 e. The molecule has 8 rings (SSSR count). The Morgan fingerprint density at radius 3 is 1.58 bits per heavy atom. The second-order valence-electron chi connectivity index (χ2n) is 14.3. The topological polar surface area (TPSA) is 194 Å². The Morgan fingerprint density at radius 2 is 1.14 bits per heavy atom. The van der Waals surface area contributed by atoms with Crippen LogP contribution >= 0.6 is 23.4 Å². The summed E-state index contributed by atoms with van der Waals surface area (Å²) in [6.07, 6.45) is 15.5. The monoisotopic (exact) mass is 961 g/mol. The summed E-state index contributed by atoms with van der Waals surface area (Å²) in [5, 5.41) is 35.3. The molecular weight excluding hydrogens is 914 g/mol. The predicted molar refractivity (Wildman–Crippen MR) is 246 cm³/mol. The van der Waals surface area contributed by atoms with Gasteiger partial charge < -0.3 is 31.9 Å². The molecule has 2 saturated heterocycles. The number of hydrogen-bond acceptors (Lipinski definition) is 14. The number of ether oxygens (including phenoxy) is 2. The van der Waals surface area contributed by atoms with E-state index < -0.39 is 7.15 Å². The molecule has 2 fully saturated rings. The molecule has 0 spiro atoms. The number of nitrogens with zero attached hydrogens (tertiary/aromatic N) is 12. The van der Waals surface area contributed by atoms with E-state index >= 15 is 0 Å². The van der Waals surface area contributed by atoms with Crippen LogP contribution in [0.3, 0.4) is 0 Å². The number of nitriles is 2. The van der Waals surface area contributed by atoms with Gasteiger partial charge in [-0.3, -0.25) is 14.0 Å². The van der Waals surface area contributed by atoms with Gasteiger partial charge in [-0.05, 0) is 82.2 Å². The molecule has 2 aliphatic rings. The van der Waals surface area contributed by atoms with E-state index in [1.54, 1.807) is 60.3 Å². The van der Waals surface area contributed by atoms with Crippen molar-refractivity contribution in [1.29, 1.82) is 10.5 Å². The van der Waals surface area contributed by atoms with Crippen molar-refractivity contribution in [1.82, 2.24) is 49.8 Å². The van der Waals surface area contributed by atoms with Crippen LogP contribution < -0.4 is 39.0 Å². The van der Waals surface area contributed by atoms with Gasteiger partial charge in [0, 0.05) is 24.5 Å². The Labute approximate surface area is 421 Å². The van der Waals surface area contributed by atoms with Gasteiger partial charge in [-0.2, -0.15) is 46.8 Å². The van der Waals surface area contributed by atoms with E-state index in [1.807, 2.05) is 67.5 Å². The number of hydrogen-bond donors (Lipinski definition) is 0. The van der Waals surface area contributed by atoms with E-state index in [0.717, 1.165) is 30.6 Å². The molecule has 0 saturated carbocycles. The number of piperidine rings is 2. The minimum absolute atomic E-state index is 0. The molecule has 21 heteroatoms. The van der Waals surface area contributed by atoms with Crippen LogP contribution in [0.4, 0.5) is 4.39 Å². The van der Waals surface area contributed by atoms with Gasteiger partial charge >= 0.3 is 29.6 Å². The SMILES string of the molecule is CSc1c(C#N)ccnc1O[C@@H]1CC[C@@H](C)N(C(=O)c2ccccc2-n2nccn2)C1.C[C@@H]1CC[C@@H](Oc2nccc(C#N)c2Cl)CN1C(=O)c1ccccc1-n1nccn1.C[S-].[2H]CF.[Na+]. The standard InChI is InChI=1S/C22H22N6O2S.C21H19ClN6O2.CH3F.CH4S.Na/c1-15-7-8-17(30-21-20(31-2)16(13-23)9-10-24-21)14-27(15)22(29)18-5-3-4-6-19(18)28-25-11-12-26-28;1-14-6-7-16(30-20-19(22)15(12-23)8-9-24-20)13-27(14)21(29)17-4-2-3-5-18(17)28-25-10-11-26-28;2*1-2;/h3-6,9-12,15,17H,7-8,14H2,1-2H3;2-5,8-11,14,16H,6-7,13H2,1H3;1H3;2H,1H3;/q;;;;+1/p-1/t15-,17-;14-,16-;;;/m11.../s1/i;;1D;;. The summed E-state index contributed by atoms with van der Waals surface area (Å²) in [6, 6.07) is 22.1. The number of carbonyl (C=O) groups excluding carboxylic acids is 2. The molecule has 6 aromatic rings. The van der Waals surface area contributed by atoms with Gasteiger partial charge in [0.2, 0.25) is 11.8 Å². The number of alkyl halides is 1. The van der Waals surface area contributed by atoms with E-state index in [-0.39, 0.29) is 76.6 Å². The number of para-hydroxylation sites is 2. The quantitative estimate of drug-likeness (QED) is 0.113. The number of rotatable bonds is 9. The Balaban J connectivity index is 0.000000264. The molecule has 338 valence electrons. The van der Waals surface area contributed by atoms with Gasteiger partial charge in [0.05, 0.1) is 84.9 Å². The molecule has 2 amide bonds. The molecule has 0 N–H and O–H groups in total. The maximum atomic E-state index is 13.5. The zero-order valence-corrected chi connectivity index (χ0v) is 41.5. The largest absolute Gasteiger partial charge is 1.00 e. The first kappa shape index (κ1) is 51.4. The zero-order valence-electron chi connectivity index (χ0n) is 38.1. The molecule has 0 aliphatic carbocycles. The molecule has 4 atom stereocenters. The van der Waals surface area contributed by atoms with E-state index in [0.29, 0.717) is 52.6 Å². The summed E-state index contributed by atoms with van der Waals surface area (Å²) in [6.45, 7) is 4.89. The number of halogens is 2. The molecule has 0 bridgehead atoms. The zero-order chi connectivity index (χ0) is 47.6. The molecule has 0 radical (unpaired) electrons. The van der Waals surface area contributed by atoms with Gasteiger partial charge in [-0.25, -0.2) is 9.97 Å². The molecule has 2 aliphatic heterocycles. The molecule has 66 heavy (non-hydrogen) atoms. The Hall–Kier alpha value is -5.54. The summed E-state index contributed by atoms with van der Waals surface area (Å²) >= 11 is 11.7. The van der Waals surface area contributed by atoms with Crippen molar-refractivity contribution in [2.24, 2.45) is 0 Å². The van der Waals surface area contributed by atoms with E-state index in [1.165, 1.54) is 33.6 Å². The van der Waals surface area contributed by atoms with Crippen LogP contribution in [0.5, 0.6) is 11.8 Å². The summed E-state index contributed by atoms with van der Waals surface area (Å²) in [5.41, 5.74) is 3.16. The first-order valence-corrected chi connectivity index (χ1v) is 22.6. The van der Waals surface area contributed by atoms with Crippen LogP contribution in [0.25, 0.3) is 11.4 Å². The Morgan fingerprint density at radius 1 is 0.727 bits per heavy atom. The smallest absolute Gasteiger partial charge is 0.796 e. The van der Waals surface area contributed by atoms with Crippen LogP contribution in [0.15, 0.2) is 103 Å².